The van der Waals surface area contributed by atoms with Crippen molar-refractivity contribution in [3.05, 3.63) is 24.3 Å². The van der Waals surface area contributed by atoms with Crippen molar-refractivity contribution in [2.24, 2.45) is 11.7 Å². The van der Waals surface area contributed by atoms with Crippen LogP contribution in [0.4, 0.5) is 0 Å². The summed E-state index contributed by atoms with van der Waals surface area (Å²) in [5.41, 5.74) is 5.52. The number of nitrogens with two attached hydrogens (primary N) is 1. The molecule has 1 saturated heterocycles. The summed E-state index contributed by atoms with van der Waals surface area (Å²) in [4.78, 5) is 0.321. The summed E-state index contributed by atoms with van der Waals surface area (Å²) in [6.45, 7) is 1.77. The maximum absolute atomic E-state index is 12.4. The molecule has 1 aromatic carbocycles. The van der Waals surface area contributed by atoms with E-state index >= 15 is 0 Å². The standard InChI is InChI=1S/C13H20N2O3S/c1-18-12-2-4-13(5-3-12)19(16,17)15-9-7-11(10-15)6-8-14/h2-5,11H,6-10,14H2,1H3. The van der Waals surface area contributed by atoms with Gasteiger partial charge in [-0.1, -0.05) is 0 Å². The van der Waals surface area contributed by atoms with E-state index in [-0.39, 0.29) is 0 Å². The molecule has 1 aromatic rings. The van der Waals surface area contributed by atoms with Crippen molar-refractivity contribution in [2.45, 2.75) is 17.7 Å². The number of hydrogen-bond acceptors (Lipinski definition) is 4. The lowest BCUT2D eigenvalue weighted by Gasteiger charge is -2.16. The van der Waals surface area contributed by atoms with Crippen LogP contribution in [-0.4, -0.2) is 39.5 Å². The van der Waals surface area contributed by atoms with Gasteiger partial charge in [-0.15, -0.1) is 0 Å². The first-order valence-corrected chi connectivity index (χ1v) is 7.86. The monoisotopic (exact) mass is 284 g/mol. The van der Waals surface area contributed by atoms with Gasteiger partial charge >= 0.3 is 0 Å². The van der Waals surface area contributed by atoms with Gasteiger partial charge in [0.1, 0.15) is 5.75 Å². The Morgan fingerprint density at radius 2 is 2.05 bits per heavy atom. The highest BCUT2D eigenvalue weighted by Gasteiger charge is 2.31. The second-order valence-electron chi connectivity index (χ2n) is 4.77. The Balaban J connectivity index is 2.13. The van der Waals surface area contributed by atoms with Crippen LogP contribution in [0, 0.1) is 5.92 Å². The molecule has 2 N–H and O–H groups in total. The zero-order chi connectivity index (χ0) is 13.9. The normalized spacial score (nSPS) is 20.6. The second kappa shape index (κ2) is 5.90. The lowest BCUT2D eigenvalue weighted by molar-refractivity contribution is 0.414. The van der Waals surface area contributed by atoms with Crippen LogP contribution >= 0.6 is 0 Å². The minimum absolute atomic E-state index is 0.321. The Hall–Kier alpha value is -1.11. The fourth-order valence-electron chi connectivity index (χ4n) is 2.38. The molecule has 1 atom stereocenters. The van der Waals surface area contributed by atoms with E-state index in [0.717, 1.165) is 12.8 Å². The van der Waals surface area contributed by atoms with Crippen LogP contribution in [0.3, 0.4) is 0 Å². The van der Waals surface area contributed by atoms with Crippen molar-refractivity contribution in [1.29, 1.82) is 0 Å². The van der Waals surface area contributed by atoms with Gasteiger partial charge in [0.25, 0.3) is 0 Å². The molecule has 106 valence electrons. The predicted octanol–water partition coefficient (Wildman–Crippen LogP) is 1.05. The molecule has 1 unspecified atom stereocenters. The van der Waals surface area contributed by atoms with E-state index in [1.165, 1.54) is 0 Å². The van der Waals surface area contributed by atoms with Gasteiger partial charge in [-0.3, -0.25) is 0 Å². The molecule has 5 nitrogen and oxygen atoms in total. The van der Waals surface area contributed by atoms with Gasteiger partial charge in [-0.25, -0.2) is 8.42 Å². The van der Waals surface area contributed by atoms with Crippen molar-refractivity contribution in [2.75, 3.05) is 26.7 Å². The minimum atomic E-state index is -3.38. The topological polar surface area (TPSA) is 72.6 Å². The van der Waals surface area contributed by atoms with E-state index in [1.54, 1.807) is 35.7 Å². The zero-order valence-corrected chi connectivity index (χ0v) is 11.9. The van der Waals surface area contributed by atoms with Crippen LogP contribution in [0.25, 0.3) is 0 Å². The second-order valence-corrected chi connectivity index (χ2v) is 6.71. The summed E-state index contributed by atoms with van der Waals surface area (Å²) < 4.78 is 31.5. The van der Waals surface area contributed by atoms with Gasteiger partial charge in [0.05, 0.1) is 12.0 Å². The first kappa shape index (κ1) is 14.3. The predicted molar refractivity (Wildman–Crippen MR) is 73.5 cm³/mol. The molecule has 0 spiro atoms. The van der Waals surface area contributed by atoms with E-state index in [2.05, 4.69) is 0 Å². The maximum Gasteiger partial charge on any atom is 0.243 e. The number of sulfonamides is 1. The Morgan fingerprint density at radius 1 is 1.37 bits per heavy atom. The van der Waals surface area contributed by atoms with Crippen molar-refractivity contribution in [3.63, 3.8) is 0 Å². The molecule has 1 aliphatic rings. The molecule has 0 bridgehead atoms. The van der Waals surface area contributed by atoms with Gasteiger partial charge in [0, 0.05) is 13.1 Å². The third-order valence-corrected chi connectivity index (χ3v) is 5.40. The van der Waals surface area contributed by atoms with Gasteiger partial charge in [0.2, 0.25) is 10.0 Å². The van der Waals surface area contributed by atoms with Crippen LogP contribution < -0.4 is 10.5 Å². The summed E-state index contributed by atoms with van der Waals surface area (Å²) in [5.74, 6) is 1.04. The summed E-state index contributed by atoms with van der Waals surface area (Å²) in [6, 6.07) is 6.51. The first-order valence-electron chi connectivity index (χ1n) is 6.42. The van der Waals surface area contributed by atoms with Gasteiger partial charge in [0.15, 0.2) is 0 Å². The van der Waals surface area contributed by atoms with Crippen LogP contribution in [-0.2, 0) is 10.0 Å². The summed E-state index contributed by atoms with van der Waals surface area (Å²) in [7, 11) is -1.82. The number of benzene rings is 1. The highest BCUT2D eigenvalue weighted by molar-refractivity contribution is 7.89. The molecule has 0 amide bonds. The molecule has 1 heterocycles. The minimum Gasteiger partial charge on any atom is -0.497 e. The van der Waals surface area contributed by atoms with Crippen LogP contribution in [0.1, 0.15) is 12.8 Å². The first-order chi connectivity index (χ1) is 9.07. The fourth-order valence-corrected chi connectivity index (χ4v) is 3.91. The van der Waals surface area contributed by atoms with Gasteiger partial charge < -0.3 is 10.5 Å². The number of rotatable bonds is 5. The molecule has 6 heteroatoms. The molecule has 19 heavy (non-hydrogen) atoms. The highest BCUT2D eigenvalue weighted by atomic mass is 32.2. The Kier molecular flexibility index (Phi) is 4.44. The third kappa shape index (κ3) is 3.08. The van der Waals surface area contributed by atoms with Crippen molar-refractivity contribution in [3.8, 4) is 5.75 Å². The number of methoxy groups -OCH3 is 1. The van der Waals surface area contributed by atoms with Gasteiger partial charge in [-0.05, 0) is 49.6 Å². The molecule has 1 aliphatic heterocycles. The quantitative estimate of drug-likeness (QED) is 0.877. The molecule has 0 saturated carbocycles. The Labute approximate surface area is 114 Å². The van der Waals surface area contributed by atoms with Crippen molar-refractivity contribution < 1.29 is 13.2 Å². The largest absolute Gasteiger partial charge is 0.497 e. The lowest BCUT2D eigenvalue weighted by Crippen LogP contribution is -2.29. The van der Waals surface area contributed by atoms with Crippen molar-refractivity contribution in [1.82, 2.24) is 4.31 Å². The molecule has 0 aromatic heterocycles. The fraction of sp³-hybridized carbons (Fsp3) is 0.538. The van der Waals surface area contributed by atoms with E-state index in [4.69, 9.17) is 10.5 Å². The zero-order valence-electron chi connectivity index (χ0n) is 11.1. The third-order valence-electron chi connectivity index (χ3n) is 3.52. The SMILES string of the molecule is COc1ccc(S(=O)(=O)N2CCC(CCN)C2)cc1. The van der Waals surface area contributed by atoms with Gasteiger partial charge in [-0.2, -0.15) is 4.31 Å². The molecule has 1 fully saturated rings. The molecular weight excluding hydrogens is 264 g/mol. The van der Waals surface area contributed by atoms with E-state index < -0.39 is 10.0 Å². The molecule has 0 radical (unpaired) electrons. The van der Waals surface area contributed by atoms with Crippen LogP contribution in [0.5, 0.6) is 5.75 Å². The highest BCUT2D eigenvalue weighted by Crippen LogP contribution is 2.26. The Bertz CT molecular complexity index is 513. The van der Waals surface area contributed by atoms with Crippen LogP contribution in [0.2, 0.25) is 0 Å². The van der Waals surface area contributed by atoms with E-state index in [1.807, 2.05) is 0 Å². The Morgan fingerprint density at radius 3 is 2.63 bits per heavy atom. The average molecular weight is 284 g/mol. The number of hydrogen-bond donors (Lipinski definition) is 1. The summed E-state index contributed by atoms with van der Waals surface area (Å²) >= 11 is 0. The summed E-state index contributed by atoms with van der Waals surface area (Å²) in [6.07, 6.45) is 1.78. The number of nitrogens with zero attached hydrogens (tertiary/aromatic N) is 1. The van der Waals surface area contributed by atoms with E-state index in [9.17, 15) is 8.42 Å². The molecular formula is C13H20N2O3S. The smallest absolute Gasteiger partial charge is 0.243 e. The lowest BCUT2D eigenvalue weighted by atomic mass is 10.1. The average Bonchev–Trinajstić information content (AvgIpc) is 2.89. The molecule has 0 aliphatic carbocycles. The molecule has 2 rings (SSSR count). The van der Waals surface area contributed by atoms with E-state index in [0.29, 0.717) is 36.2 Å². The summed E-state index contributed by atoms with van der Waals surface area (Å²) in [5, 5.41) is 0. The number of ether oxygens (including phenoxy) is 1. The van der Waals surface area contributed by atoms with Crippen molar-refractivity contribution >= 4 is 10.0 Å². The van der Waals surface area contributed by atoms with Crippen LogP contribution in [0.15, 0.2) is 29.2 Å². The maximum atomic E-state index is 12.4.